The van der Waals surface area contributed by atoms with E-state index in [1.165, 1.54) is 31.3 Å². The Bertz CT molecular complexity index is 2030. The number of hydrogen-bond acceptors (Lipinski definition) is 4. The molecule has 0 atom stereocenters. The molecule has 3 aromatic heterocycles. The van der Waals surface area contributed by atoms with Gasteiger partial charge in [0.25, 0.3) is 0 Å². The fourth-order valence-corrected chi connectivity index (χ4v) is 6.38. The van der Waals surface area contributed by atoms with Crippen LogP contribution < -0.4 is 0 Å². The number of hydrogen-bond donors (Lipinski definition) is 0. The molecule has 0 spiro atoms. The van der Waals surface area contributed by atoms with Crippen molar-refractivity contribution in [1.82, 2.24) is 15.0 Å². The van der Waals surface area contributed by atoms with Crippen molar-refractivity contribution < 1.29 is 20.1 Å². The van der Waals surface area contributed by atoms with Crippen LogP contribution in [0.4, 0.5) is 0 Å². The maximum Gasteiger partial charge on any atom is 3.00 e. The Kier molecular flexibility index (Phi) is 10.1. The standard InChI is InChI=1S/C19H10NS.2C11H8N.Ir/c1-2-6-13-12(5-1)11-17-18-14(13)9-10-20-19(18)15-7-3-4-8-16(15)21-17;2*1-2-6-10(7-3-1)11-8-4-5-9-12-11;/h1-6,8-11H;2*1-6,8-9H;/q3*-1;+3. The van der Waals surface area contributed by atoms with Crippen LogP contribution in [0.5, 0.6) is 0 Å². The van der Waals surface area contributed by atoms with Crippen LogP contribution in [0, 0.1) is 18.2 Å². The fraction of sp³-hybridized carbons (Fsp3) is 0. The number of benzene rings is 5. The average Bonchev–Trinajstić information content (AvgIpc) is 3.14. The van der Waals surface area contributed by atoms with E-state index in [9.17, 15) is 0 Å². The second kappa shape index (κ2) is 14.9. The van der Waals surface area contributed by atoms with Crippen LogP contribution in [0.3, 0.4) is 0 Å². The topological polar surface area (TPSA) is 38.7 Å². The Morgan fingerprint density at radius 1 is 0.478 bits per heavy atom. The predicted molar refractivity (Wildman–Crippen MR) is 185 cm³/mol. The molecule has 0 saturated carbocycles. The molecule has 0 unspecified atom stereocenters. The molecule has 5 heteroatoms. The number of fused-ring (bicyclic) bond motifs is 4. The van der Waals surface area contributed by atoms with Crippen molar-refractivity contribution in [2.45, 2.75) is 9.79 Å². The normalized spacial score (nSPS) is 10.8. The molecular weight excluding hydrogens is 759 g/mol. The minimum Gasteiger partial charge on any atom is -0.305 e. The van der Waals surface area contributed by atoms with E-state index in [0.29, 0.717) is 0 Å². The van der Waals surface area contributed by atoms with Gasteiger partial charge in [-0.1, -0.05) is 53.4 Å². The minimum atomic E-state index is 0. The summed E-state index contributed by atoms with van der Waals surface area (Å²) in [6.45, 7) is 0. The third-order valence-electron chi connectivity index (χ3n) is 7.31. The Morgan fingerprint density at radius 2 is 1.11 bits per heavy atom. The third-order valence-corrected chi connectivity index (χ3v) is 8.41. The van der Waals surface area contributed by atoms with Gasteiger partial charge in [-0.3, -0.25) is 0 Å². The van der Waals surface area contributed by atoms with Gasteiger partial charge in [-0.25, -0.2) is 0 Å². The summed E-state index contributed by atoms with van der Waals surface area (Å²) in [5, 5.41) is 5.12. The fourth-order valence-electron chi connectivity index (χ4n) is 5.25. The molecular formula is C41H26IrN3S. The van der Waals surface area contributed by atoms with Gasteiger partial charge in [0, 0.05) is 23.5 Å². The van der Waals surface area contributed by atoms with Crippen LogP contribution >= 0.6 is 11.8 Å². The summed E-state index contributed by atoms with van der Waals surface area (Å²) in [7, 11) is 0. The van der Waals surface area contributed by atoms with Gasteiger partial charge >= 0.3 is 20.1 Å². The molecule has 0 bridgehead atoms. The molecule has 0 fully saturated rings. The molecule has 0 radical (unpaired) electrons. The third kappa shape index (κ3) is 6.83. The number of aromatic nitrogens is 3. The summed E-state index contributed by atoms with van der Waals surface area (Å²) in [6.07, 6.45) is 5.49. The predicted octanol–water partition coefficient (Wildman–Crippen LogP) is 10.4. The molecule has 8 aromatic rings. The van der Waals surface area contributed by atoms with Gasteiger partial charge in [0.1, 0.15) is 0 Å². The molecule has 0 N–H and O–H groups in total. The Morgan fingerprint density at radius 3 is 1.74 bits per heavy atom. The van der Waals surface area contributed by atoms with Crippen LogP contribution in [0.1, 0.15) is 0 Å². The zero-order chi connectivity index (χ0) is 30.3. The average molecular weight is 785 g/mol. The first-order chi connectivity index (χ1) is 22.3. The maximum atomic E-state index is 4.64. The molecule has 5 aromatic carbocycles. The molecule has 4 heterocycles. The molecule has 0 amide bonds. The van der Waals surface area contributed by atoms with Crippen LogP contribution in [0.15, 0.2) is 168 Å². The first kappa shape index (κ1) is 31.1. The summed E-state index contributed by atoms with van der Waals surface area (Å²) >= 11 is 1.82. The smallest absolute Gasteiger partial charge is 0.305 e. The van der Waals surface area contributed by atoms with Crippen molar-refractivity contribution in [3.05, 3.63) is 176 Å². The van der Waals surface area contributed by atoms with Crippen molar-refractivity contribution >= 4 is 33.3 Å². The van der Waals surface area contributed by atoms with E-state index >= 15 is 0 Å². The molecule has 46 heavy (non-hydrogen) atoms. The van der Waals surface area contributed by atoms with E-state index in [1.54, 1.807) is 12.4 Å². The first-order valence-corrected chi connectivity index (χ1v) is 15.4. The van der Waals surface area contributed by atoms with Crippen LogP contribution in [0.2, 0.25) is 0 Å². The van der Waals surface area contributed by atoms with Crippen molar-refractivity contribution in [3.8, 4) is 33.8 Å². The Hall–Kier alpha value is -4.93. The van der Waals surface area contributed by atoms with Gasteiger partial charge in [-0.15, -0.1) is 113 Å². The quantitative estimate of drug-likeness (QED) is 0.129. The van der Waals surface area contributed by atoms with Crippen LogP contribution in [0.25, 0.3) is 55.3 Å². The second-order valence-electron chi connectivity index (χ2n) is 10.2. The monoisotopic (exact) mass is 785 g/mol. The van der Waals surface area contributed by atoms with Gasteiger partial charge in [0.2, 0.25) is 0 Å². The van der Waals surface area contributed by atoms with E-state index in [0.717, 1.165) is 33.8 Å². The summed E-state index contributed by atoms with van der Waals surface area (Å²) < 4.78 is 0. The van der Waals surface area contributed by atoms with Gasteiger partial charge in [0.15, 0.2) is 0 Å². The molecule has 1 aliphatic heterocycles. The van der Waals surface area contributed by atoms with Crippen molar-refractivity contribution in [3.63, 3.8) is 0 Å². The first-order valence-electron chi connectivity index (χ1n) is 14.6. The van der Waals surface area contributed by atoms with Gasteiger partial charge < -0.3 is 15.0 Å². The van der Waals surface area contributed by atoms with Gasteiger partial charge in [-0.05, 0) is 62.9 Å². The molecule has 1 aliphatic rings. The van der Waals surface area contributed by atoms with E-state index in [-0.39, 0.29) is 20.1 Å². The summed E-state index contributed by atoms with van der Waals surface area (Å²) in [6, 6.07) is 56.1. The minimum absolute atomic E-state index is 0. The van der Waals surface area contributed by atoms with Gasteiger partial charge in [0.05, 0.1) is 0 Å². The number of nitrogens with zero attached hydrogens (tertiary/aromatic N) is 3. The summed E-state index contributed by atoms with van der Waals surface area (Å²) in [5.74, 6) is 0. The Balaban J connectivity index is 0.000000129. The number of rotatable bonds is 2. The molecule has 0 aliphatic carbocycles. The maximum absolute atomic E-state index is 4.64. The van der Waals surface area contributed by atoms with E-state index in [4.69, 9.17) is 0 Å². The number of pyridine rings is 3. The molecule has 220 valence electrons. The van der Waals surface area contributed by atoms with Crippen molar-refractivity contribution in [2.24, 2.45) is 0 Å². The molecule has 9 rings (SSSR count). The summed E-state index contributed by atoms with van der Waals surface area (Å²) in [5.41, 5.74) is 6.20. The van der Waals surface area contributed by atoms with Crippen molar-refractivity contribution in [2.75, 3.05) is 0 Å². The van der Waals surface area contributed by atoms with Crippen LogP contribution in [-0.2, 0) is 20.1 Å². The molecule has 0 saturated heterocycles. The van der Waals surface area contributed by atoms with E-state index in [2.05, 4.69) is 75.6 Å². The van der Waals surface area contributed by atoms with Crippen LogP contribution in [-0.4, -0.2) is 15.0 Å². The zero-order valence-electron chi connectivity index (χ0n) is 24.6. The Labute approximate surface area is 286 Å². The second-order valence-corrected chi connectivity index (χ2v) is 11.3. The van der Waals surface area contributed by atoms with E-state index in [1.807, 2.05) is 115 Å². The largest absolute Gasteiger partial charge is 3.00 e. The molecule has 3 nitrogen and oxygen atoms in total. The van der Waals surface area contributed by atoms with Gasteiger partial charge in [-0.2, -0.15) is 0 Å². The SMILES string of the molecule is [Ir+3].[c-]1cccc2c1-c1nccc3c1c(cc1ccccc13)S2.[c-]1ccccc1-c1ccccn1.[c-]1ccccc1-c1ccccn1. The summed E-state index contributed by atoms with van der Waals surface area (Å²) in [4.78, 5) is 15.6. The zero-order valence-corrected chi connectivity index (χ0v) is 27.8. The van der Waals surface area contributed by atoms with E-state index < -0.39 is 0 Å². The van der Waals surface area contributed by atoms with Crippen molar-refractivity contribution in [1.29, 1.82) is 0 Å².